The maximum Gasteiger partial charge on any atom is 0.273 e. The van der Waals surface area contributed by atoms with Crippen LogP contribution in [-0.2, 0) is 6.42 Å². The Balaban J connectivity index is 1.59. The highest BCUT2D eigenvalue weighted by molar-refractivity contribution is 7.07. The molecular weight excluding hydrogens is 275 g/mol. The molecule has 20 heavy (non-hydrogen) atoms. The second kappa shape index (κ2) is 5.71. The molecular formula is C15H15FN2OS. The van der Waals surface area contributed by atoms with Crippen molar-refractivity contribution in [2.24, 2.45) is 5.92 Å². The zero-order chi connectivity index (χ0) is 13.9. The molecule has 0 spiro atoms. The molecule has 1 aromatic heterocycles. The SMILES string of the molecule is O=C(c1cscn1)N1CCC(Cc2ccc(F)cc2)C1. The number of carbonyl (C=O) groups excluding carboxylic acids is 1. The number of aromatic nitrogens is 1. The molecule has 3 rings (SSSR count). The zero-order valence-electron chi connectivity index (χ0n) is 11.0. The normalized spacial score (nSPS) is 18.4. The number of likely N-dealkylation sites (tertiary alicyclic amines) is 1. The summed E-state index contributed by atoms with van der Waals surface area (Å²) in [6, 6.07) is 6.62. The molecule has 104 valence electrons. The number of carbonyl (C=O) groups is 1. The third-order valence-electron chi connectivity index (χ3n) is 3.66. The largest absolute Gasteiger partial charge is 0.337 e. The molecule has 1 aromatic carbocycles. The van der Waals surface area contributed by atoms with Gasteiger partial charge in [0.05, 0.1) is 5.51 Å². The summed E-state index contributed by atoms with van der Waals surface area (Å²) < 4.78 is 12.9. The van der Waals surface area contributed by atoms with Crippen molar-refractivity contribution < 1.29 is 9.18 Å². The number of halogens is 1. The Labute approximate surface area is 121 Å². The predicted molar refractivity (Wildman–Crippen MR) is 76.2 cm³/mol. The average Bonchev–Trinajstić information content (AvgIpc) is 3.12. The molecule has 1 fully saturated rings. The minimum Gasteiger partial charge on any atom is -0.337 e. The first-order chi connectivity index (χ1) is 9.72. The van der Waals surface area contributed by atoms with Crippen LogP contribution in [0.25, 0.3) is 0 Å². The van der Waals surface area contributed by atoms with Gasteiger partial charge in [-0.05, 0) is 36.5 Å². The maximum atomic E-state index is 12.9. The number of benzene rings is 1. The van der Waals surface area contributed by atoms with Gasteiger partial charge in [-0.25, -0.2) is 9.37 Å². The van der Waals surface area contributed by atoms with Crippen molar-refractivity contribution in [3.05, 3.63) is 52.2 Å². The summed E-state index contributed by atoms with van der Waals surface area (Å²) in [6.07, 6.45) is 1.88. The lowest BCUT2D eigenvalue weighted by Crippen LogP contribution is -2.29. The van der Waals surface area contributed by atoms with Gasteiger partial charge in [-0.3, -0.25) is 4.79 Å². The number of amides is 1. The number of rotatable bonds is 3. The Bertz CT molecular complexity index is 582. The minimum atomic E-state index is -0.208. The molecule has 5 heteroatoms. The van der Waals surface area contributed by atoms with Gasteiger partial charge in [0.2, 0.25) is 0 Å². The van der Waals surface area contributed by atoms with Gasteiger partial charge in [-0.2, -0.15) is 0 Å². The van der Waals surface area contributed by atoms with Crippen LogP contribution >= 0.6 is 11.3 Å². The van der Waals surface area contributed by atoms with E-state index in [4.69, 9.17) is 0 Å². The quantitative estimate of drug-likeness (QED) is 0.870. The molecule has 1 saturated heterocycles. The molecule has 2 aromatic rings. The van der Waals surface area contributed by atoms with E-state index in [-0.39, 0.29) is 11.7 Å². The van der Waals surface area contributed by atoms with E-state index in [0.29, 0.717) is 11.6 Å². The summed E-state index contributed by atoms with van der Waals surface area (Å²) in [7, 11) is 0. The van der Waals surface area contributed by atoms with Gasteiger partial charge in [0.1, 0.15) is 11.5 Å². The molecule has 1 aliphatic heterocycles. The van der Waals surface area contributed by atoms with E-state index in [1.165, 1.54) is 23.5 Å². The molecule has 1 unspecified atom stereocenters. The summed E-state index contributed by atoms with van der Waals surface area (Å²) in [5, 5.41) is 1.79. The highest BCUT2D eigenvalue weighted by atomic mass is 32.1. The first-order valence-electron chi connectivity index (χ1n) is 6.64. The van der Waals surface area contributed by atoms with Gasteiger partial charge >= 0.3 is 0 Å². The minimum absolute atomic E-state index is 0.0212. The lowest BCUT2D eigenvalue weighted by Gasteiger charge is -2.15. The molecule has 0 aliphatic carbocycles. The van der Waals surface area contributed by atoms with Gasteiger partial charge in [0.25, 0.3) is 5.91 Å². The lowest BCUT2D eigenvalue weighted by molar-refractivity contribution is 0.0782. The second-order valence-electron chi connectivity index (χ2n) is 5.11. The van der Waals surface area contributed by atoms with Crippen LogP contribution in [0.1, 0.15) is 22.5 Å². The van der Waals surface area contributed by atoms with E-state index in [1.807, 2.05) is 17.0 Å². The number of hydrogen-bond acceptors (Lipinski definition) is 3. The van der Waals surface area contributed by atoms with Crippen molar-refractivity contribution in [2.75, 3.05) is 13.1 Å². The molecule has 0 saturated carbocycles. The predicted octanol–water partition coefficient (Wildman–Crippen LogP) is 2.99. The molecule has 0 radical (unpaired) electrons. The second-order valence-corrected chi connectivity index (χ2v) is 5.83. The van der Waals surface area contributed by atoms with Crippen molar-refractivity contribution in [1.29, 1.82) is 0 Å². The molecule has 1 atom stereocenters. The number of hydrogen-bond donors (Lipinski definition) is 0. The van der Waals surface area contributed by atoms with Crippen molar-refractivity contribution in [3.63, 3.8) is 0 Å². The molecule has 0 bridgehead atoms. The van der Waals surface area contributed by atoms with Gasteiger partial charge in [0, 0.05) is 18.5 Å². The van der Waals surface area contributed by atoms with Gasteiger partial charge in [0.15, 0.2) is 0 Å². The topological polar surface area (TPSA) is 33.2 Å². The van der Waals surface area contributed by atoms with Gasteiger partial charge in [-0.1, -0.05) is 12.1 Å². The molecule has 1 amide bonds. The van der Waals surface area contributed by atoms with Crippen LogP contribution in [0.15, 0.2) is 35.2 Å². The highest BCUT2D eigenvalue weighted by Crippen LogP contribution is 2.22. The van der Waals surface area contributed by atoms with E-state index in [1.54, 1.807) is 10.9 Å². The van der Waals surface area contributed by atoms with Crippen LogP contribution in [0, 0.1) is 11.7 Å². The lowest BCUT2D eigenvalue weighted by atomic mass is 9.99. The highest BCUT2D eigenvalue weighted by Gasteiger charge is 2.27. The van der Waals surface area contributed by atoms with Crippen molar-refractivity contribution >= 4 is 17.2 Å². The Hall–Kier alpha value is -1.75. The van der Waals surface area contributed by atoms with E-state index in [9.17, 15) is 9.18 Å². The van der Waals surface area contributed by atoms with Gasteiger partial charge in [-0.15, -0.1) is 11.3 Å². The van der Waals surface area contributed by atoms with Crippen molar-refractivity contribution in [2.45, 2.75) is 12.8 Å². The Morgan fingerprint density at radius 3 is 2.90 bits per heavy atom. The van der Waals surface area contributed by atoms with E-state index >= 15 is 0 Å². The fourth-order valence-corrected chi connectivity index (χ4v) is 3.14. The number of thiazole rings is 1. The summed E-state index contributed by atoms with van der Waals surface area (Å²) in [5.74, 6) is 0.261. The van der Waals surface area contributed by atoms with Crippen LogP contribution in [0.4, 0.5) is 4.39 Å². The van der Waals surface area contributed by atoms with E-state index < -0.39 is 0 Å². The van der Waals surface area contributed by atoms with Crippen LogP contribution in [0.5, 0.6) is 0 Å². The first-order valence-corrected chi connectivity index (χ1v) is 7.58. The Kier molecular flexibility index (Phi) is 3.78. The fraction of sp³-hybridized carbons (Fsp3) is 0.333. The first kappa shape index (κ1) is 13.2. The van der Waals surface area contributed by atoms with E-state index in [2.05, 4.69) is 4.98 Å². The average molecular weight is 290 g/mol. The monoisotopic (exact) mass is 290 g/mol. The van der Waals surface area contributed by atoms with Crippen LogP contribution in [0.3, 0.4) is 0 Å². The van der Waals surface area contributed by atoms with Crippen LogP contribution in [-0.4, -0.2) is 28.9 Å². The summed E-state index contributed by atoms with van der Waals surface area (Å²) >= 11 is 1.44. The summed E-state index contributed by atoms with van der Waals surface area (Å²) in [5.41, 5.74) is 3.34. The molecule has 2 heterocycles. The maximum absolute atomic E-state index is 12.9. The summed E-state index contributed by atoms with van der Waals surface area (Å²) in [4.78, 5) is 18.1. The third-order valence-corrected chi connectivity index (χ3v) is 4.25. The fourth-order valence-electron chi connectivity index (χ4n) is 2.62. The van der Waals surface area contributed by atoms with Crippen LogP contribution < -0.4 is 0 Å². The molecule has 3 nitrogen and oxygen atoms in total. The molecule has 1 aliphatic rings. The zero-order valence-corrected chi connectivity index (χ0v) is 11.8. The third kappa shape index (κ3) is 2.88. The van der Waals surface area contributed by atoms with E-state index in [0.717, 1.165) is 31.5 Å². The van der Waals surface area contributed by atoms with Crippen LogP contribution in [0.2, 0.25) is 0 Å². The van der Waals surface area contributed by atoms with Gasteiger partial charge < -0.3 is 4.90 Å². The smallest absolute Gasteiger partial charge is 0.273 e. The standard InChI is InChI=1S/C15H15FN2OS/c16-13-3-1-11(2-4-13)7-12-5-6-18(8-12)15(19)14-9-20-10-17-14/h1-4,9-10,12H,5-8H2. The Morgan fingerprint density at radius 1 is 1.40 bits per heavy atom. The Morgan fingerprint density at radius 2 is 2.20 bits per heavy atom. The summed E-state index contributed by atoms with van der Waals surface area (Å²) in [6.45, 7) is 1.54. The molecule has 0 N–H and O–H groups in total. The van der Waals surface area contributed by atoms with Crippen molar-refractivity contribution in [1.82, 2.24) is 9.88 Å². The number of nitrogens with zero attached hydrogens (tertiary/aromatic N) is 2. The van der Waals surface area contributed by atoms with Crippen molar-refractivity contribution in [3.8, 4) is 0 Å².